The van der Waals surface area contributed by atoms with Crippen LogP contribution in [0.15, 0.2) is 23.2 Å². The van der Waals surface area contributed by atoms with Gasteiger partial charge in [0.15, 0.2) is 5.96 Å². The highest BCUT2D eigenvalue weighted by Crippen LogP contribution is 2.34. The first-order chi connectivity index (χ1) is 11.3. The van der Waals surface area contributed by atoms with Gasteiger partial charge in [0.2, 0.25) is 0 Å². The molecule has 8 heteroatoms. The Balaban J connectivity index is 2.86. The zero-order chi connectivity index (χ0) is 18.2. The topological polar surface area (TPSA) is 54.9 Å². The number of aliphatic imine (C=N–C) groups is 1. The lowest BCUT2D eigenvalue weighted by molar-refractivity contribution is -0.138. The van der Waals surface area contributed by atoms with Crippen LogP contribution in [0.3, 0.4) is 0 Å². The molecule has 0 fully saturated rings. The number of hydrogen-bond donors (Lipinski definition) is 2. The second kappa shape index (κ2) is 9.36. The molecule has 2 N–H and O–H groups in total. The molecule has 0 spiro atoms. The molecule has 0 saturated heterocycles. The number of benzene rings is 1. The number of nitrogens with zero attached hydrogens (tertiary/aromatic N) is 1. The van der Waals surface area contributed by atoms with Crippen LogP contribution in [0.1, 0.15) is 25.0 Å². The van der Waals surface area contributed by atoms with Gasteiger partial charge in [0.05, 0.1) is 18.3 Å². The van der Waals surface area contributed by atoms with Crippen molar-refractivity contribution in [1.29, 1.82) is 0 Å². The van der Waals surface area contributed by atoms with Crippen molar-refractivity contribution in [3.8, 4) is 5.75 Å². The van der Waals surface area contributed by atoms with Gasteiger partial charge in [0.25, 0.3) is 0 Å². The van der Waals surface area contributed by atoms with Gasteiger partial charge in [-0.2, -0.15) is 13.2 Å². The second-order valence-electron chi connectivity index (χ2n) is 5.33. The van der Waals surface area contributed by atoms with E-state index in [-0.39, 0.29) is 24.0 Å². The fourth-order valence-corrected chi connectivity index (χ4v) is 1.99. The highest BCUT2D eigenvalue weighted by molar-refractivity contribution is 5.79. The van der Waals surface area contributed by atoms with Crippen molar-refractivity contribution in [2.75, 3.05) is 27.3 Å². The van der Waals surface area contributed by atoms with Crippen molar-refractivity contribution in [1.82, 2.24) is 10.6 Å². The largest absolute Gasteiger partial charge is 0.491 e. The minimum atomic E-state index is -4.46. The third-order valence-electron chi connectivity index (χ3n) is 3.03. The maximum atomic E-state index is 13.3. The Labute approximate surface area is 140 Å². The molecular weight excluding hydrogens is 323 g/mol. The van der Waals surface area contributed by atoms with E-state index in [1.165, 1.54) is 12.1 Å². The van der Waals surface area contributed by atoms with E-state index in [2.05, 4.69) is 15.6 Å². The molecular formula is C16H24F3N3O2. The van der Waals surface area contributed by atoms with E-state index in [1.54, 1.807) is 28.0 Å². The molecule has 1 rings (SSSR count). The molecule has 24 heavy (non-hydrogen) atoms. The zero-order valence-corrected chi connectivity index (χ0v) is 14.3. The van der Waals surface area contributed by atoms with Gasteiger partial charge in [-0.05, 0) is 31.5 Å². The van der Waals surface area contributed by atoms with E-state index >= 15 is 0 Å². The van der Waals surface area contributed by atoms with Gasteiger partial charge < -0.3 is 20.1 Å². The van der Waals surface area contributed by atoms with E-state index in [9.17, 15) is 13.2 Å². The molecule has 0 saturated carbocycles. The minimum Gasteiger partial charge on any atom is -0.491 e. The summed E-state index contributed by atoms with van der Waals surface area (Å²) in [5, 5.41) is 5.80. The smallest absolute Gasteiger partial charge is 0.416 e. The predicted octanol–water partition coefficient (Wildman–Crippen LogP) is 2.80. The lowest BCUT2D eigenvalue weighted by Gasteiger charge is -2.18. The lowest BCUT2D eigenvalue weighted by Crippen LogP contribution is -2.38. The fourth-order valence-electron chi connectivity index (χ4n) is 1.99. The molecule has 0 bridgehead atoms. The van der Waals surface area contributed by atoms with Gasteiger partial charge in [-0.3, -0.25) is 4.99 Å². The number of halogens is 3. The van der Waals surface area contributed by atoms with E-state index in [4.69, 9.17) is 9.47 Å². The van der Waals surface area contributed by atoms with Crippen LogP contribution in [-0.4, -0.2) is 39.4 Å². The first kappa shape index (κ1) is 20.1. The van der Waals surface area contributed by atoms with Crippen LogP contribution >= 0.6 is 0 Å². The van der Waals surface area contributed by atoms with Crippen LogP contribution in [0.2, 0.25) is 0 Å². The van der Waals surface area contributed by atoms with Gasteiger partial charge >= 0.3 is 6.18 Å². The van der Waals surface area contributed by atoms with E-state index in [0.717, 1.165) is 6.07 Å². The Morgan fingerprint density at radius 1 is 1.25 bits per heavy atom. The van der Waals surface area contributed by atoms with Gasteiger partial charge in [-0.1, -0.05) is 6.07 Å². The summed E-state index contributed by atoms with van der Waals surface area (Å²) in [7, 11) is 3.11. The summed E-state index contributed by atoms with van der Waals surface area (Å²) in [4.78, 5) is 3.96. The maximum Gasteiger partial charge on any atom is 0.416 e. The molecule has 0 atom stereocenters. The van der Waals surface area contributed by atoms with Crippen molar-refractivity contribution in [3.05, 3.63) is 29.3 Å². The quantitative estimate of drug-likeness (QED) is 0.452. The van der Waals surface area contributed by atoms with Crippen LogP contribution in [0, 0.1) is 0 Å². The third kappa shape index (κ3) is 6.66. The second-order valence-corrected chi connectivity index (χ2v) is 5.33. The van der Waals surface area contributed by atoms with E-state index < -0.39 is 11.7 Å². The zero-order valence-electron chi connectivity index (χ0n) is 14.3. The number of methoxy groups -OCH3 is 1. The van der Waals surface area contributed by atoms with E-state index in [0.29, 0.717) is 19.1 Å². The van der Waals surface area contributed by atoms with Crippen LogP contribution < -0.4 is 15.4 Å². The maximum absolute atomic E-state index is 13.3. The molecule has 0 radical (unpaired) electrons. The summed E-state index contributed by atoms with van der Waals surface area (Å²) >= 11 is 0. The Hall–Kier alpha value is -1.96. The predicted molar refractivity (Wildman–Crippen MR) is 87.3 cm³/mol. The van der Waals surface area contributed by atoms with Crippen LogP contribution in [0.4, 0.5) is 13.2 Å². The molecule has 5 nitrogen and oxygen atoms in total. The monoisotopic (exact) mass is 347 g/mol. The molecule has 0 aliphatic heterocycles. The van der Waals surface area contributed by atoms with Crippen molar-refractivity contribution >= 4 is 5.96 Å². The van der Waals surface area contributed by atoms with E-state index in [1.807, 2.05) is 0 Å². The molecule has 136 valence electrons. The highest BCUT2D eigenvalue weighted by Gasteiger charge is 2.33. The molecule has 0 amide bonds. The minimum absolute atomic E-state index is 0.0105. The number of alkyl halides is 3. The van der Waals surface area contributed by atoms with Crippen molar-refractivity contribution < 1.29 is 22.6 Å². The first-order valence-corrected chi connectivity index (χ1v) is 7.58. The van der Waals surface area contributed by atoms with Crippen molar-refractivity contribution in [3.63, 3.8) is 0 Å². The molecule has 0 aliphatic rings. The summed E-state index contributed by atoms with van der Waals surface area (Å²) in [6, 6.07) is 3.97. The van der Waals surface area contributed by atoms with Crippen molar-refractivity contribution in [2.24, 2.45) is 4.99 Å². The summed E-state index contributed by atoms with van der Waals surface area (Å²) in [6.45, 7) is 4.49. The van der Waals surface area contributed by atoms with Gasteiger partial charge in [-0.15, -0.1) is 0 Å². The number of ether oxygens (including phenoxy) is 2. The van der Waals surface area contributed by atoms with Crippen LogP contribution in [0.25, 0.3) is 0 Å². The number of guanidine groups is 1. The Morgan fingerprint density at radius 2 is 1.96 bits per heavy atom. The van der Waals surface area contributed by atoms with Crippen LogP contribution in [-0.2, 0) is 17.5 Å². The third-order valence-corrected chi connectivity index (χ3v) is 3.03. The first-order valence-electron chi connectivity index (χ1n) is 7.58. The lowest BCUT2D eigenvalue weighted by atomic mass is 10.1. The van der Waals surface area contributed by atoms with Gasteiger partial charge in [0.1, 0.15) is 5.75 Å². The standard InChI is InChI=1S/C16H24F3N3O2/c1-11(2)24-13-6-5-12(14(9-13)16(17,18)19)10-22-15(20-3)21-7-8-23-4/h5-6,9,11H,7-8,10H2,1-4H3,(H2,20,21,22). The molecule has 0 aromatic heterocycles. The van der Waals surface area contributed by atoms with Gasteiger partial charge in [-0.25, -0.2) is 0 Å². The summed E-state index contributed by atoms with van der Waals surface area (Å²) in [5.41, 5.74) is -0.603. The Morgan fingerprint density at radius 3 is 2.50 bits per heavy atom. The SMILES string of the molecule is CN=C(NCCOC)NCc1ccc(OC(C)C)cc1C(F)(F)F. The molecule has 0 unspecified atom stereocenters. The van der Waals surface area contributed by atoms with Gasteiger partial charge in [0, 0.05) is 27.2 Å². The number of nitrogens with one attached hydrogen (secondary N) is 2. The number of hydrogen-bond acceptors (Lipinski definition) is 3. The molecule has 1 aromatic rings. The molecule has 0 aliphatic carbocycles. The van der Waals surface area contributed by atoms with Crippen molar-refractivity contribution in [2.45, 2.75) is 32.7 Å². The highest BCUT2D eigenvalue weighted by atomic mass is 19.4. The average molecular weight is 347 g/mol. The average Bonchev–Trinajstić information content (AvgIpc) is 2.50. The number of rotatable bonds is 7. The normalized spacial score (nSPS) is 12.4. The van der Waals surface area contributed by atoms with Crippen LogP contribution in [0.5, 0.6) is 5.75 Å². The summed E-state index contributed by atoms with van der Waals surface area (Å²) in [5.74, 6) is 0.603. The molecule has 0 heterocycles. The Bertz CT molecular complexity index is 546. The molecule has 1 aromatic carbocycles. The summed E-state index contributed by atoms with van der Waals surface area (Å²) in [6.07, 6.45) is -4.65. The fraction of sp³-hybridized carbons (Fsp3) is 0.562. The summed E-state index contributed by atoms with van der Waals surface area (Å²) < 4.78 is 50.1. The Kier molecular flexibility index (Phi) is 7.84.